The molecular formula is C93H118F9N12O18V3-3. The smallest absolute Gasteiger partial charge is 0.540 e. The Balaban J connectivity index is 0.000000248. The first-order chi connectivity index (χ1) is 62.0. The number of alkyl carbamates (subject to hydrolysis) is 3. The third-order valence-electron chi connectivity index (χ3n) is 26.3. The number of amides is 6. The van der Waals surface area contributed by atoms with Gasteiger partial charge in [0.25, 0.3) is 0 Å². The van der Waals surface area contributed by atoms with Crippen LogP contribution >= 0.6 is 0 Å². The van der Waals surface area contributed by atoms with Crippen LogP contribution in [0.4, 0.5) is 53.9 Å². The number of benzene rings is 3. The predicted octanol–water partition coefficient (Wildman–Crippen LogP) is 16.3. The molecular weight excluding hydrogens is 1900 g/mol. The fourth-order valence-corrected chi connectivity index (χ4v) is 18.6. The zero-order valence-electron chi connectivity index (χ0n) is 77.4. The van der Waals surface area contributed by atoms with Gasteiger partial charge in [-0.05, 0) is 179 Å². The minimum atomic E-state index is -4.87. The van der Waals surface area contributed by atoms with Crippen molar-refractivity contribution in [1.82, 2.24) is 60.6 Å². The molecule has 3 saturated heterocycles. The van der Waals surface area contributed by atoms with Crippen LogP contribution in [0.1, 0.15) is 219 Å². The second-order valence-corrected chi connectivity index (χ2v) is 39.5. The largest absolute Gasteiger partial charge is 0.573 e. The van der Waals surface area contributed by atoms with E-state index in [1.54, 1.807) is 20.8 Å². The zero-order valence-corrected chi connectivity index (χ0v) is 81.6. The van der Waals surface area contributed by atoms with Crippen molar-refractivity contribution in [3.63, 3.8) is 0 Å². The number of carbonyl (C=O) groups excluding carboxylic acids is 9. The van der Waals surface area contributed by atoms with E-state index < -0.39 is 166 Å². The number of carbonyl (C=O) groups is 6. The molecule has 3 aliphatic carbocycles. The number of hydrogen-bond donors (Lipinski definition) is 3. The number of rotatable bonds is 6. The Hall–Kier alpha value is -9.17. The molecule has 6 fully saturated rings. The Bertz CT molecular complexity index is 5260. The predicted molar refractivity (Wildman–Crippen MR) is 462 cm³/mol. The van der Waals surface area contributed by atoms with Crippen LogP contribution < -0.4 is 44.4 Å². The molecule has 6 bridgehead atoms. The maximum atomic E-state index is 14.0. The maximum Gasteiger partial charge on any atom is 0.573 e. The van der Waals surface area contributed by atoms with E-state index in [9.17, 15) is 82.7 Å². The minimum Gasteiger partial charge on any atom is -0.540 e. The summed E-state index contributed by atoms with van der Waals surface area (Å²) < 4.78 is 164. The van der Waals surface area contributed by atoms with Crippen molar-refractivity contribution in [2.75, 3.05) is 19.6 Å². The Labute approximate surface area is 815 Å². The average molecular weight is 2020 g/mol. The minimum absolute atomic E-state index is 0. The Morgan fingerprint density at radius 2 is 0.711 bits per heavy atom. The van der Waals surface area contributed by atoms with Gasteiger partial charge in [-0.25, -0.2) is 63.1 Å². The van der Waals surface area contributed by atoms with E-state index in [1.165, 1.54) is 51.1 Å². The molecule has 15 rings (SSSR count). The van der Waals surface area contributed by atoms with E-state index in [4.69, 9.17) is 33.4 Å². The van der Waals surface area contributed by atoms with E-state index >= 15 is 0 Å². The van der Waals surface area contributed by atoms with Crippen LogP contribution in [-0.4, -0.2) is 211 Å². The summed E-state index contributed by atoms with van der Waals surface area (Å²) in [5.41, 5.74) is 0.470. The van der Waals surface area contributed by atoms with Crippen molar-refractivity contribution >= 4 is 88.0 Å². The molecule has 9 heterocycles. The summed E-state index contributed by atoms with van der Waals surface area (Å²) in [5.74, 6) is -3.17. The molecule has 42 heteroatoms. The van der Waals surface area contributed by atoms with Gasteiger partial charge in [0.1, 0.15) is 88.6 Å². The van der Waals surface area contributed by atoms with Gasteiger partial charge in [-0.2, -0.15) is 0 Å². The Morgan fingerprint density at radius 3 is 1.04 bits per heavy atom. The van der Waals surface area contributed by atoms with Crippen LogP contribution in [0.15, 0.2) is 54.6 Å². The summed E-state index contributed by atoms with van der Waals surface area (Å²) in [5, 5.41) is 8.27. The fraction of sp³-hybridized carbons (Fsp3) is 0.645. The average Bonchev–Trinajstić information content (AvgIpc) is 1.62. The van der Waals surface area contributed by atoms with Gasteiger partial charge in [0.2, 0.25) is 35.4 Å². The first kappa shape index (κ1) is 108. The quantitative estimate of drug-likeness (QED) is 0.0792. The van der Waals surface area contributed by atoms with Crippen molar-refractivity contribution in [1.29, 1.82) is 0 Å². The molecule has 18 atom stereocenters. The standard InChI is InChI=1S/C32H40F3N4O6.C31H38F3N4O6.C30H36F3N4O6.3V.2H2/c1-18-24(17-40)39-16-26(18)43-28-22(36-21-14-13-20(15-23(21)37-28)45-32(33,34)35)11-7-5-6-9-19-10-8-12-25(19)44-30(42)38-27(29(39)41)31(2,3)4;1-17-23(16-39)38-15-24(17)42-26-21(35-20-12-11-19(13-22(20)36-26)43-31(32,33)34)10-8-6-7-9-18-14-30(18,5)44-28(41)37-25(27(38)40)29(2,3)4;1-16-22(15-38)37-14-24(16)41-26-20(34-19-11-10-18(13-21(19)35-26)43-30(31,32)33)9-7-5-6-8-17-12-23(17)42-28(40)36-25(27(37)39)29(2,3)4;;;;;/h13-15,18-19,24-27H,5-12,16H2,1-4H3,(H,38,42);11-13,17-18,23-25H,6-10,14-15H2,1-5H3,(H,37,41);10-11,13,16-17,22-25H,5-9,12,14H2,1-4H3,(H,36,40);;;;2*1H/q3*-1;;;;;/t18-,19+,24+,25+,26-,27+;17-,18+,23+,24-,25+,30+;16-,17+,22+,23+,24-,25+;;;;;/m000...../s1. The fourth-order valence-electron chi connectivity index (χ4n) is 18.6. The van der Waals surface area contributed by atoms with Gasteiger partial charge < -0.3 is 87.7 Å². The molecule has 3 saturated carbocycles. The molecule has 6 aromatic rings. The molecule has 3 aromatic heterocycles. The number of aryl methyl sites for hydroxylation is 3. The van der Waals surface area contributed by atoms with Gasteiger partial charge >= 0.3 is 37.4 Å². The number of alkyl halides is 9. The summed E-state index contributed by atoms with van der Waals surface area (Å²) >= 11 is 0. The number of aromatic nitrogens is 6. The zero-order chi connectivity index (χ0) is 95.6. The number of nitrogens with zero attached hydrogens (tertiary/aromatic N) is 9. The summed E-state index contributed by atoms with van der Waals surface area (Å²) in [6.45, 7) is 23.5. The maximum absolute atomic E-state index is 14.0. The van der Waals surface area contributed by atoms with E-state index in [-0.39, 0.29) is 142 Å². The number of hydrogen-bond acceptors (Lipinski definition) is 24. The van der Waals surface area contributed by atoms with Crippen molar-refractivity contribution in [3.8, 4) is 34.9 Å². The van der Waals surface area contributed by atoms with Gasteiger partial charge in [0, 0.05) is 82.6 Å². The summed E-state index contributed by atoms with van der Waals surface area (Å²) in [7, 11) is 0. The van der Waals surface area contributed by atoms with Crippen LogP contribution in [-0.2, 0) is 118 Å². The van der Waals surface area contributed by atoms with Crippen molar-refractivity contribution < 1.29 is 184 Å². The molecule has 3 radical (unpaired) electrons. The molecule has 135 heavy (non-hydrogen) atoms. The summed E-state index contributed by atoms with van der Waals surface area (Å²) in [6, 6.07) is 5.39. The molecule has 3 N–H and O–H groups in total. The third kappa shape index (κ3) is 27.3. The molecule has 3 aromatic carbocycles. The number of nitrogens with one attached hydrogen (secondary N) is 3. The monoisotopic (exact) mass is 2010 g/mol. The van der Waals surface area contributed by atoms with E-state index in [1.807, 2.05) is 88.1 Å². The topological polar surface area (TPSA) is 360 Å². The van der Waals surface area contributed by atoms with Crippen molar-refractivity contribution in [2.45, 2.75) is 310 Å². The van der Waals surface area contributed by atoms with Crippen LogP contribution in [0.3, 0.4) is 0 Å². The summed E-state index contributed by atoms with van der Waals surface area (Å²) in [4.78, 5) is 149. The molecule has 0 unspecified atom stereocenters. The van der Waals surface area contributed by atoms with Crippen molar-refractivity contribution in [3.05, 3.63) is 71.7 Å². The molecule has 6 aliphatic heterocycles. The molecule has 30 nitrogen and oxygen atoms in total. The van der Waals surface area contributed by atoms with E-state index in [0.29, 0.717) is 52.9 Å². The number of ether oxygens (including phenoxy) is 9. The van der Waals surface area contributed by atoms with Crippen LogP contribution in [0, 0.1) is 51.8 Å². The second kappa shape index (κ2) is 43.9. The second-order valence-electron chi connectivity index (χ2n) is 39.5. The first-order valence-electron chi connectivity index (χ1n) is 45.2. The van der Waals surface area contributed by atoms with Crippen LogP contribution in [0.5, 0.6) is 34.9 Å². The van der Waals surface area contributed by atoms with Gasteiger partial charge in [-0.1, -0.05) is 140 Å². The number of fused-ring (bicyclic) bond motifs is 15. The molecule has 9 aliphatic rings. The number of halogens is 9. The first-order valence-corrected chi connectivity index (χ1v) is 45.2. The Morgan fingerprint density at radius 1 is 0.393 bits per heavy atom. The van der Waals surface area contributed by atoms with E-state index in [0.717, 1.165) is 127 Å². The molecule has 739 valence electrons. The molecule has 6 amide bonds. The van der Waals surface area contributed by atoms with E-state index in [2.05, 4.69) is 55.1 Å². The Kier molecular flexibility index (Phi) is 35.1. The van der Waals surface area contributed by atoms with Crippen LogP contribution in [0.2, 0.25) is 0 Å². The molecule has 0 spiro atoms. The normalized spacial score (nSPS) is 28.6. The van der Waals surface area contributed by atoms with Crippen molar-refractivity contribution in [2.24, 2.45) is 51.8 Å². The van der Waals surface area contributed by atoms with Gasteiger partial charge in [-0.3, -0.25) is 14.4 Å². The van der Waals surface area contributed by atoms with Gasteiger partial charge in [0.15, 0.2) is 0 Å². The third-order valence-corrected chi connectivity index (χ3v) is 26.3. The van der Waals surface area contributed by atoms with Gasteiger partial charge in [0.05, 0.1) is 52.7 Å². The SMILES string of the molecule is C[C@@H]1[C@@H]2CN(C(=O)[C@H](C(C)(C)C)NC(=O)O[C@@H]3CCC[C@H]3CCCCCc3nc4ccc(OC(F)(F)F)cc4nc3O2)[C@@H]1[C-]=O.C[C@@H]1[C@@H]2CN(C(=O)[C@H](C(C)(C)C)NC(=O)O[C@@H]3C[C@H]3CCCCCc3nc4ccc(OC(F)(F)F)cc4nc3O2)[C@@H]1[C-]=O.C[C@@H]1[C@@H]2CN(C(=O)[C@H](C(C)(C)C)NC(=O)O[C@]3(C)C[C@H]3CCCCCc3nc4ccc(OC(F)(F)F)cc4nc3O2)[C@@H]1[C-]=O.[HH].[HH].[V].[V].[V]. The van der Waals surface area contributed by atoms with Gasteiger partial charge in [-0.15, -0.1) is 39.5 Å². The summed E-state index contributed by atoms with van der Waals surface area (Å²) in [6.07, 6.45) is 2.69. The van der Waals surface area contributed by atoms with Crippen LogP contribution in [0.25, 0.3) is 33.1 Å².